The van der Waals surface area contributed by atoms with Gasteiger partial charge in [0.2, 0.25) is 5.91 Å². The number of hydrogen-bond donors (Lipinski definition) is 2. The highest BCUT2D eigenvalue weighted by Gasteiger charge is 2.33. The third-order valence-electron chi connectivity index (χ3n) is 3.30. The van der Waals surface area contributed by atoms with Crippen molar-refractivity contribution in [1.29, 1.82) is 0 Å². The summed E-state index contributed by atoms with van der Waals surface area (Å²) >= 11 is 3.23. The number of anilines is 1. The van der Waals surface area contributed by atoms with Gasteiger partial charge in [-0.25, -0.2) is 0 Å². The summed E-state index contributed by atoms with van der Waals surface area (Å²) in [6, 6.07) is 4.22. The number of nitro groups is 1. The molecule has 2 atom stereocenters. The Morgan fingerprint density at radius 1 is 1.52 bits per heavy atom. The molecule has 1 amide bonds. The molecule has 2 N–H and O–H groups in total. The first-order valence-corrected chi connectivity index (χ1v) is 7.38. The normalized spacial score (nSPS) is 21.2. The Bertz CT molecular complexity index is 552. The summed E-state index contributed by atoms with van der Waals surface area (Å²) in [6.07, 6.45) is 0. The standard InChI is InChI=1S/C13H16BrN3O4/c1-2-15-12-7-21-6-9(12)13(18)16-11-4-3-8(17(19)20)5-10(11)14/h3-5,9,12,15H,2,6-7H2,1H3,(H,16,18). The number of halogens is 1. The number of likely N-dealkylation sites (N-methyl/N-ethyl adjacent to an activating group) is 1. The summed E-state index contributed by atoms with van der Waals surface area (Å²) < 4.78 is 5.81. The highest BCUT2D eigenvalue weighted by molar-refractivity contribution is 9.10. The van der Waals surface area contributed by atoms with Gasteiger partial charge in [0, 0.05) is 22.6 Å². The van der Waals surface area contributed by atoms with E-state index in [9.17, 15) is 14.9 Å². The van der Waals surface area contributed by atoms with E-state index in [1.165, 1.54) is 18.2 Å². The van der Waals surface area contributed by atoms with E-state index in [0.29, 0.717) is 23.4 Å². The summed E-state index contributed by atoms with van der Waals surface area (Å²) in [4.78, 5) is 22.5. The summed E-state index contributed by atoms with van der Waals surface area (Å²) in [7, 11) is 0. The van der Waals surface area contributed by atoms with E-state index in [0.717, 1.165) is 6.54 Å². The molecule has 0 aromatic heterocycles. The van der Waals surface area contributed by atoms with Gasteiger partial charge < -0.3 is 15.4 Å². The van der Waals surface area contributed by atoms with E-state index in [1.807, 2.05) is 6.92 Å². The molecule has 21 heavy (non-hydrogen) atoms. The van der Waals surface area contributed by atoms with E-state index in [2.05, 4.69) is 26.6 Å². The third kappa shape index (κ3) is 3.78. The van der Waals surface area contributed by atoms with Gasteiger partial charge in [-0.1, -0.05) is 6.92 Å². The number of carbonyl (C=O) groups excluding carboxylic acids is 1. The lowest BCUT2D eigenvalue weighted by Crippen LogP contribution is -2.41. The average Bonchev–Trinajstić information content (AvgIpc) is 2.89. The number of non-ortho nitro benzene ring substituents is 1. The smallest absolute Gasteiger partial charge is 0.270 e. The maximum absolute atomic E-state index is 12.3. The van der Waals surface area contributed by atoms with Crippen LogP contribution >= 0.6 is 15.9 Å². The van der Waals surface area contributed by atoms with E-state index in [-0.39, 0.29) is 23.6 Å². The van der Waals surface area contributed by atoms with Crippen molar-refractivity contribution in [3.05, 3.63) is 32.8 Å². The fourth-order valence-corrected chi connectivity index (χ4v) is 2.69. The van der Waals surface area contributed by atoms with Crippen molar-refractivity contribution in [3.8, 4) is 0 Å². The van der Waals surface area contributed by atoms with E-state index in [4.69, 9.17) is 4.74 Å². The van der Waals surface area contributed by atoms with Gasteiger partial charge in [-0.2, -0.15) is 0 Å². The van der Waals surface area contributed by atoms with Gasteiger partial charge in [0.15, 0.2) is 0 Å². The van der Waals surface area contributed by atoms with Gasteiger partial charge in [-0.3, -0.25) is 14.9 Å². The number of nitrogens with one attached hydrogen (secondary N) is 2. The molecule has 0 spiro atoms. The second kappa shape index (κ2) is 6.97. The van der Waals surface area contributed by atoms with Gasteiger partial charge in [0.05, 0.1) is 29.7 Å². The second-order valence-corrected chi connectivity index (χ2v) is 5.57. The van der Waals surface area contributed by atoms with Crippen LogP contribution in [0.2, 0.25) is 0 Å². The molecule has 0 aliphatic carbocycles. The molecule has 1 aromatic carbocycles. The van der Waals surface area contributed by atoms with Crippen LogP contribution in [0, 0.1) is 16.0 Å². The second-order valence-electron chi connectivity index (χ2n) is 4.72. The maximum Gasteiger partial charge on any atom is 0.270 e. The van der Waals surface area contributed by atoms with E-state index in [1.54, 1.807) is 0 Å². The first-order valence-electron chi connectivity index (χ1n) is 6.59. The Labute approximate surface area is 130 Å². The highest BCUT2D eigenvalue weighted by atomic mass is 79.9. The zero-order valence-electron chi connectivity index (χ0n) is 11.5. The van der Waals surface area contributed by atoms with Crippen LogP contribution in [0.3, 0.4) is 0 Å². The van der Waals surface area contributed by atoms with Gasteiger partial charge in [0.25, 0.3) is 5.69 Å². The minimum atomic E-state index is -0.484. The van der Waals surface area contributed by atoms with Crippen LogP contribution in [-0.2, 0) is 9.53 Å². The summed E-state index contributed by atoms with van der Waals surface area (Å²) in [5.41, 5.74) is 0.474. The van der Waals surface area contributed by atoms with Crippen molar-refractivity contribution >= 4 is 33.2 Å². The Morgan fingerprint density at radius 3 is 2.90 bits per heavy atom. The number of nitrogens with zero attached hydrogens (tertiary/aromatic N) is 1. The Hall–Kier alpha value is -1.51. The number of rotatable bonds is 5. The van der Waals surface area contributed by atoms with Crippen LogP contribution in [-0.4, -0.2) is 36.6 Å². The fourth-order valence-electron chi connectivity index (χ4n) is 2.22. The molecule has 0 saturated carbocycles. The summed E-state index contributed by atoms with van der Waals surface area (Å²) in [6.45, 7) is 3.61. The molecular weight excluding hydrogens is 342 g/mol. The van der Waals surface area contributed by atoms with Crippen molar-refractivity contribution < 1.29 is 14.5 Å². The molecule has 2 rings (SSSR count). The van der Waals surface area contributed by atoms with Crippen LogP contribution < -0.4 is 10.6 Å². The minimum absolute atomic E-state index is 0.00757. The Morgan fingerprint density at radius 2 is 2.29 bits per heavy atom. The monoisotopic (exact) mass is 357 g/mol. The predicted octanol–water partition coefficient (Wildman–Crippen LogP) is 1.92. The lowest BCUT2D eigenvalue weighted by Gasteiger charge is -2.18. The van der Waals surface area contributed by atoms with Crippen LogP contribution in [0.5, 0.6) is 0 Å². The molecule has 114 valence electrons. The third-order valence-corrected chi connectivity index (χ3v) is 3.96. The van der Waals surface area contributed by atoms with Crippen molar-refractivity contribution in [3.63, 3.8) is 0 Å². The number of nitro benzene ring substituents is 1. The molecule has 8 heteroatoms. The van der Waals surface area contributed by atoms with Gasteiger partial charge in [0.1, 0.15) is 0 Å². The number of amides is 1. The van der Waals surface area contributed by atoms with Crippen LogP contribution in [0.25, 0.3) is 0 Å². The zero-order valence-corrected chi connectivity index (χ0v) is 13.1. The van der Waals surface area contributed by atoms with Crippen molar-refractivity contribution in [2.45, 2.75) is 13.0 Å². The topological polar surface area (TPSA) is 93.5 Å². The number of carbonyl (C=O) groups is 1. The first-order chi connectivity index (χ1) is 10.0. The molecule has 2 unspecified atom stereocenters. The number of hydrogen-bond acceptors (Lipinski definition) is 5. The number of ether oxygens (including phenoxy) is 1. The first kappa shape index (κ1) is 15.9. The molecule has 1 aliphatic heterocycles. The maximum atomic E-state index is 12.3. The largest absolute Gasteiger partial charge is 0.379 e. The van der Waals surface area contributed by atoms with E-state index < -0.39 is 4.92 Å². The molecule has 0 bridgehead atoms. The highest BCUT2D eigenvalue weighted by Crippen LogP contribution is 2.28. The van der Waals surface area contributed by atoms with Crippen molar-refractivity contribution in [2.24, 2.45) is 5.92 Å². The van der Waals surface area contributed by atoms with Gasteiger partial charge in [-0.05, 0) is 28.5 Å². The van der Waals surface area contributed by atoms with Crippen LogP contribution in [0.4, 0.5) is 11.4 Å². The molecule has 0 radical (unpaired) electrons. The van der Waals surface area contributed by atoms with Crippen molar-refractivity contribution in [1.82, 2.24) is 5.32 Å². The van der Waals surface area contributed by atoms with E-state index >= 15 is 0 Å². The molecule has 1 fully saturated rings. The SMILES string of the molecule is CCNC1COCC1C(=O)Nc1ccc([N+](=O)[O-])cc1Br. The molecular formula is C13H16BrN3O4. The molecule has 1 saturated heterocycles. The zero-order chi connectivity index (χ0) is 15.4. The molecule has 7 nitrogen and oxygen atoms in total. The molecule has 1 aromatic rings. The van der Waals surface area contributed by atoms with Crippen LogP contribution in [0.15, 0.2) is 22.7 Å². The predicted molar refractivity (Wildman–Crippen MR) is 81.2 cm³/mol. The molecule has 1 heterocycles. The van der Waals surface area contributed by atoms with Gasteiger partial charge >= 0.3 is 0 Å². The lowest BCUT2D eigenvalue weighted by atomic mass is 10.0. The lowest BCUT2D eigenvalue weighted by molar-refractivity contribution is -0.384. The quantitative estimate of drug-likeness (QED) is 0.620. The number of benzene rings is 1. The van der Waals surface area contributed by atoms with Crippen LogP contribution in [0.1, 0.15) is 6.92 Å². The minimum Gasteiger partial charge on any atom is -0.379 e. The van der Waals surface area contributed by atoms with Gasteiger partial charge in [-0.15, -0.1) is 0 Å². The van der Waals surface area contributed by atoms with Crippen molar-refractivity contribution in [2.75, 3.05) is 25.1 Å². The summed E-state index contributed by atoms with van der Waals surface area (Å²) in [5, 5.41) is 16.7. The Kier molecular flexibility index (Phi) is 5.27. The average molecular weight is 358 g/mol. The Balaban J connectivity index is 2.07. The summed E-state index contributed by atoms with van der Waals surface area (Å²) in [5.74, 6) is -0.431. The molecule has 1 aliphatic rings. The fraction of sp³-hybridized carbons (Fsp3) is 0.462.